The monoisotopic (exact) mass is 253 g/mol. The van der Waals surface area contributed by atoms with Gasteiger partial charge in [0.2, 0.25) is 5.13 Å². The van der Waals surface area contributed by atoms with Gasteiger partial charge in [-0.25, -0.2) is 9.97 Å². The van der Waals surface area contributed by atoms with E-state index < -0.39 is 0 Å². The van der Waals surface area contributed by atoms with E-state index in [1.54, 1.807) is 13.3 Å². The highest BCUT2D eigenvalue weighted by Gasteiger charge is 2.04. The Bertz CT molecular complexity index is 467. The molecule has 0 aliphatic carbocycles. The van der Waals surface area contributed by atoms with Crippen molar-refractivity contribution in [3.05, 3.63) is 24.0 Å². The van der Waals surface area contributed by atoms with Gasteiger partial charge in [-0.1, -0.05) is 0 Å². The molecule has 0 spiro atoms. The first kappa shape index (κ1) is 12.0. The van der Waals surface area contributed by atoms with Crippen molar-refractivity contribution in [1.29, 1.82) is 0 Å². The number of hydrogen-bond acceptors (Lipinski definition) is 6. The molecule has 92 valence electrons. The topological polar surface area (TPSA) is 64.9 Å². The Kier molecular flexibility index (Phi) is 4.05. The van der Waals surface area contributed by atoms with Crippen molar-refractivity contribution in [2.75, 3.05) is 19.0 Å². The zero-order valence-corrected chi connectivity index (χ0v) is 10.7. The molecule has 7 heteroatoms. The Morgan fingerprint density at radius 1 is 1.53 bits per heavy atom. The average molecular weight is 253 g/mol. The maximum atomic E-state index is 4.98. The molecular formula is C10H15N5OS. The first-order chi connectivity index (χ1) is 8.29. The fourth-order valence-corrected chi connectivity index (χ4v) is 1.95. The Labute approximate surface area is 104 Å². The van der Waals surface area contributed by atoms with Gasteiger partial charge in [-0.15, -0.1) is 0 Å². The van der Waals surface area contributed by atoms with Crippen molar-refractivity contribution < 1.29 is 4.74 Å². The molecule has 0 aliphatic heterocycles. The summed E-state index contributed by atoms with van der Waals surface area (Å²) in [6, 6.07) is 0. The summed E-state index contributed by atoms with van der Waals surface area (Å²) >= 11 is 1.36. The zero-order valence-electron chi connectivity index (χ0n) is 9.88. The van der Waals surface area contributed by atoms with Crippen LogP contribution in [0.2, 0.25) is 0 Å². The van der Waals surface area contributed by atoms with Gasteiger partial charge in [-0.2, -0.15) is 4.37 Å². The normalized spacial score (nSPS) is 10.7. The van der Waals surface area contributed by atoms with Gasteiger partial charge < -0.3 is 14.6 Å². The molecule has 0 bridgehead atoms. The second kappa shape index (κ2) is 5.74. The van der Waals surface area contributed by atoms with E-state index in [-0.39, 0.29) is 0 Å². The number of hydrogen-bond donors (Lipinski definition) is 1. The van der Waals surface area contributed by atoms with Gasteiger partial charge in [0, 0.05) is 44.5 Å². The van der Waals surface area contributed by atoms with E-state index in [2.05, 4.69) is 19.7 Å². The minimum Gasteiger partial charge on any atom is -0.384 e. The smallest absolute Gasteiger partial charge is 0.202 e. The van der Waals surface area contributed by atoms with Crippen molar-refractivity contribution >= 4 is 16.7 Å². The van der Waals surface area contributed by atoms with Crippen LogP contribution >= 0.6 is 11.5 Å². The minimum absolute atomic E-state index is 0.648. The number of methoxy groups -OCH3 is 1. The highest BCUT2D eigenvalue weighted by atomic mass is 32.1. The molecule has 0 saturated carbocycles. The molecule has 17 heavy (non-hydrogen) atoms. The zero-order chi connectivity index (χ0) is 12.1. The van der Waals surface area contributed by atoms with Gasteiger partial charge in [0.1, 0.15) is 11.6 Å². The number of nitrogens with zero attached hydrogens (tertiary/aromatic N) is 4. The summed E-state index contributed by atoms with van der Waals surface area (Å²) in [5, 5.41) is 4.02. The quantitative estimate of drug-likeness (QED) is 0.834. The van der Waals surface area contributed by atoms with Crippen LogP contribution in [0.15, 0.2) is 12.4 Å². The molecule has 2 aromatic rings. The molecule has 0 amide bonds. The number of rotatable bonds is 6. The van der Waals surface area contributed by atoms with Gasteiger partial charge in [0.15, 0.2) is 0 Å². The Balaban J connectivity index is 1.87. The second-order valence-corrected chi connectivity index (χ2v) is 4.32. The van der Waals surface area contributed by atoms with Crippen molar-refractivity contribution in [2.24, 2.45) is 7.05 Å². The maximum Gasteiger partial charge on any atom is 0.202 e. The Morgan fingerprint density at radius 3 is 3.12 bits per heavy atom. The van der Waals surface area contributed by atoms with Crippen molar-refractivity contribution in [2.45, 2.75) is 13.0 Å². The maximum absolute atomic E-state index is 4.98. The number of anilines is 1. The van der Waals surface area contributed by atoms with Crippen molar-refractivity contribution in [3.63, 3.8) is 0 Å². The third-order valence-corrected chi connectivity index (χ3v) is 3.03. The number of ether oxygens (including phenoxy) is 1. The van der Waals surface area contributed by atoms with Gasteiger partial charge in [-0.05, 0) is 0 Å². The van der Waals surface area contributed by atoms with Crippen molar-refractivity contribution in [1.82, 2.24) is 18.9 Å². The van der Waals surface area contributed by atoms with E-state index in [0.717, 1.165) is 23.2 Å². The SMILES string of the molecule is COCCc1nsc(NCc2nccn2C)n1. The largest absolute Gasteiger partial charge is 0.384 e. The number of imidazole rings is 1. The highest BCUT2D eigenvalue weighted by molar-refractivity contribution is 7.09. The van der Waals surface area contributed by atoms with Gasteiger partial charge in [-0.3, -0.25) is 0 Å². The summed E-state index contributed by atoms with van der Waals surface area (Å²) < 4.78 is 11.2. The van der Waals surface area contributed by atoms with E-state index >= 15 is 0 Å². The number of aryl methyl sites for hydroxylation is 1. The molecule has 0 atom stereocenters. The first-order valence-corrected chi connectivity index (χ1v) is 6.08. The molecule has 0 unspecified atom stereocenters. The van der Waals surface area contributed by atoms with E-state index in [4.69, 9.17) is 4.74 Å². The third-order valence-electron chi connectivity index (χ3n) is 2.32. The van der Waals surface area contributed by atoms with Gasteiger partial charge in [0.05, 0.1) is 13.2 Å². The van der Waals surface area contributed by atoms with Gasteiger partial charge in [0.25, 0.3) is 0 Å². The molecule has 1 N–H and O–H groups in total. The van der Waals surface area contributed by atoms with Crippen LogP contribution in [0.1, 0.15) is 11.6 Å². The van der Waals surface area contributed by atoms with Crippen LogP contribution in [0.5, 0.6) is 0 Å². The standard InChI is InChI=1S/C10H15N5OS/c1-15-5-4-11-9(15)7-12-10-13-8(14-17-10)3-6-16-2/h4-5H,3,6-7H2,1-2H3,(H,12,13,14). The fraction of sp³-hybridized carbons (Fsp3) is 0.500. The van der Waals surface area contributed by atoms with Crippen molar-refractivity contribution in [3.8, 4) is 0 Å². The predicted molar refractivity (Wildman–Crippen MR) is 66.0 cm³/mol. The summed E-state index contributed by atoms with van der Waals surface area (Å²) in [6.45, 7) is 1.30. The molecule has 6 nitrogen and oxygen atoms in total. The van der Waals surface area contributed by atoms with E-state index in [9.17, 15) is 0 Å². The fourth-order valence-electron chi connectivity index (χ4n) is 1.34. The van der Waals surface area contributed by atoms with Crippen LogP contribution in [0, 0.1) is 0 Å². The summed E-state index contributed by atoms with van der Waals surface area (Å²) in [7, 11) is 3.64. The molecule has 0 aromatic carbocycles. The van der Waals surface area contributed by atoms with Crippen LogP contribution in [-0.2, 0) is 24.8 Å². The van der Waals surface area contributed by atoms with Crippen LogP contribution in [0.3, 0.4) is 0 Å². The van der Waals surface area contributed by atoms with Crippen LogP contribution < -0.4 is 5.32 Å². The molecule has 2 aromatic heterocycles. The Morgan fingerprint density at radius 2 is 2.41 bits per heavy atom. The summed E-state index contributed by atoms with van der Waals surface area (Å²) in [4.78, 5) is 8.58. The summed E-state index contributed by atoms with van der Waals surface area (Å²) in [5.74, 6) is 1.79. The van der Waals surface area contributed by atoms with E-state index in [1.807, 2.05) is 17.8 Å². The predicted octanol–water partition coefficient (Wildman–Crippen LogP) is 1.07. The number of nitrogens with one attached hydrogen (secondary N) is 1. The molecule has 0 aliphatic rings. The number of aromatic nitrogens is 4. The van der Waals surface area contributed by atoms with Crippen LogP contribution in [-0.4, -0.2) is 32.6 Å². The van der Waals surface area contributed by atoms with E-state index in [0.29, 0.717) is 13.2 Å². The Hall–Kier alpha value is -1.47. The van der Waals surface area contributed by atoms with Crippen LogP contribution in [0.25, 0.3) is 0 Å². The average Bonchev–Trinajstić information content (AvgIpc) is 2.93. The lowest BCUT2D eigenvalue weighted by Crippen LogP contribution is -2.05. The molecule has 0 saturated heterocycles. The lowest BCUT2D eigenvalue weighted by molar-refractivity contribution is 0.201. The highest BCUT2D eigenvalue weighted by Crippen LogP contribution is 2.12. The lowest BCUT2D eigenvalue weighted by atomic mass is 10.4. The molecule has 2 rings (SSSR count). The minimum atomic E-state index is 0.648. The van der Waals surface area contributed by atoms with Crippen LogP contribution in [0.4, 0.5) is 5.13 Å². The summed E-state index contributed by atoms with van der Waals surface area (Å²) in [5.41, 5.74) is 0. The molecular weight excluding hydrogens is 238 g/mol. The lowest BCUT2D eigenvalue weighted by Gasteiger charge is -2.01. The first-order valence-electron chi connectivity index (χ1n) is 5.31. The summed E-state index contributed by atoms with van der Waals surface area (Å²) in [6.07, 6.45) is 4.44. The molecule has 2 heterocycles. The second-order valence-electron chi connectivity index (χ2n) is 3.57. The molecule has 0 fully saturated rings. The molecule has 0 radical (unpaired) electrons. The van der Waals surface area contributed by atoms with Gasteiger partial charge >= 0.3 is 0 Å². The third kappa shape index (κ3) is 3.24. The van der Waals surface area contributed by atoms with E-state index in [1.165, 1.54) is 11.5 Å².